The van der Waals surface area contributed by atoms with E-state index in [-0.39, 0.29) is 12.1 Å². The third kappa shape index (κ3) is 4.10. The van der Waals surface area contributed by atoms with Crippen molar-refractivity contribution >= 4 is 6.09 Å². The minimum atomic E-state index is -0.177. The lowest BCUT2D eigenvalue weighted by Gasteiger charge is -2.33. The molecule has 2 aliphatic rings. The van der Waals surface area contributed by atoms with Crippen LogP contribution in [0.15, 0.2) is 42.5 Å². The minimum Gasteiger partial charge on any atom is -0.445 e. The minimum absolute atomic E-state index is 0.177. The number of hydrogen-bond acceptors (Lipinski definition) is 2. The molecule has 1 aliphatic heterocycles. The summed E-state index contributed by atoms with van der Waals surface area (Å²) in [6.45, 7) is 1.17. The van der Waals surface area contributed by atoms with Crippen molar-refractivity contribution in [2.24, 2.45) is 5.92 Å². The van der Waals surface area contributed by atoms with E-state index in [2.05, 4.69) is 12.2 Å². The predicted octanol–water partition coefficient (Wildman–Crippen LogP) is 4.14. The largest absolute Gasteiger partial charge is 0.445 e. The Balaban J connectivity index is 1.55. The number of carbonyl (C=O) groups excluding carboxylic acids is 1. The van der Waals surface area contributed by atoms with Crippen molar-refractivity contribution in [2.75, 3.05) is 6.54 Å². The molecule has 3 rings (SSSR count). The zero-order valence-electron chi connectivity index (χ0n) is 12.4. The second kappa shape index (κ2) is 6.79. The van der Waals surface area contributed by atoms with Crippen molar-refractivity contribution in [1.29, 1.82) is 0 Å². The molecular weight excluding hydrogens is 262 g/mol. The Bertz CT molecular complexity index is 493. The number of hydrogen-bond donors (Lipinski definition) is 0. The Kier molecular flexibility index (Phi) is 4.59. The van der Waals surface area contributed by atoms with Crippen LogP contribution in [-0.2, 0) is 11.3 Å². The molecule has 3 heteroatoms. The zero-order valence-corrected chi connectivity index (χ0v) is 12.4. The first kappa shape index (κ1) is 14.2. The first-order valence-corrected chi connectivity index (χ1v) is 7.98. The Morgan fingerprint density at radius 1 is 1.14 bits per heavy atom. The summed E-state index contributed by atoms with van der Waals surface area (Å²) in [6, 6.07) is 10.1. The molecule has 112 valence electrons. The van der Waals surface area contributed by atoms with Gasteiger partial charge in [-0.15, -0.1) is 0 Å². The number of rotatable bonds is 4. The molecule has 0 radical (unpaired) electrons. The molecule has 3 nitrogen and oxygen atoms in total. The predicted molar refractivity (Wildman–Crippen MR) is 82.8 cm³/mol. The van der Waals surface area contributed by atoms with Crippen LogP contribution in [-0.4, -0.2) is 23.6 Å². The highest BCUT2D eigenvalue weighted by Gasteiger charge is 2.27. The van der Waals surface area contributed by atoms with Crippen LogP contribution in [0.2, 0.25) is 0 Å². The summed E-state index contributed by atoms with van der Waals surface area (Å²) in [7, 11) is 0. The normalized spacial score (nSPS) is 22.5. The van der Waals surface area contributed by atoms with Crippen molar-refractivity contribution in [2.45, 2.75) is 44.8 Å². The van der Waals surface area contributed by atoms with Crippen molar-refractivity contribution < 1.29 is 9.53 Å². The maximum atomic E-state index is 12.3. The van der Waals surface area contributed by atoms with E-state index in [1.807, 2.05) is 35.2 Å². The Hall–Kier alpha value is -1.77. The van der Waals surface area contributed by atoms with Gasteiger partial charge in [0, 0.05) is 6.54 Å². The van der Waals surface area contributed by atoms with E-state index in [1.165, 1.54) is 19.3 Å². The monoisotopic (exact) mass is 285 g/mol. The smallest absolute Gasteiger partial charge is 0.410 e. The Morgan fingerprint density at radius 2 is 1.95 bits per heavy atom. The number of carbonyl (C=O) groups is 1. The third-order valence-corrected chi connectivity index (χ3v) is 4.22. The van der Waals surface area contributed by atoms with Gasteiger partial charge in [-0.2, -0.15) is 0 Å². The number of ether oxygens (including phenoxy) is 1. The van der Waals surface area contributed by atoms with E-state index >= 15 is 0 Å². The van der Waals surface area contributed by atoms with Crippen LogP contribution in [0.5, 0.6) is 0 Å². The number of piperidine rings is 1. The summed E-state index contributed by atoms with van der Waals surface area (Å²) in [5.41, 5.74) is 1.04. The van der Waals surface area contributed by atoms with E-state index in [4.69, 9.17) is 4.74 Å². The van der Waals surface area contributed by atoms with Crippen molar-refractivity contribution in [3.05, 3.63) is 48.0 Å². The third-order valence-electron chi connectivity index (χ3n) is 4.22. The highest BCUT2D eigenvalue weighted by molar-refractivity contribution is 5.68. The van der Waals surface area contributed by atoms with Crippen LogP contribution in [0.4, 0.5) is 4.79 Å². The number of allylic oxidation sites excluding steroid dienone is 1. The van der Waals surface area contributed by atoms with E-state index < -0.39 is 0 Å². The summed E-state index contributed by atoms with van der Waals surface area (Å²) in [6.07, 6.45) is 10.3. The molecule has 21 heavy (non-hydrogen) atoms. The van der Waals surface area contributed by atoms with E-state index in [1.54, 1.807) is 0 Å². The highest BCUT2D eigenvalue weighted by atomic mass is 16.6. The molecule has 1 heterocycles. The lowest BCUT2D eigenvalue weighted by molar-refractivity contribution is 0.0775. The molecule has 1 aliphatic carbocycles. The number of benzene rings is 1. The molecule has 1 aromatic carbocycles. The summed E-state index contributed by atoms with van der Waals surface area (Å²) >= 11 is 0. The topological polar surface area (TPSA) is 29.5 Å². The van der Waals surface area contributed by atoms with Gasteiger partial charge >= 0.3 is 6.09 Å². The van der Waals surface area contributed by atoms with Gasteiger partial charge in [-0.25, -0.2) is 4.79 Å². The van der Waals surface area contributed by atoms with Gasteiger partial charge in [0.25, 0.3) is 0 Å². The number of nitrogens with zero attached hydrogens (tertiary/aromatic N) is 1. The van der Waals surface area contributed by atoms with Crippen LogP contribution >= 0.6 is 0 Å². The van der Waals surface area contributed by atoms with Gasteiger partial charge in [-0.1, -0.05) is 42.5 Å². The average Bonchev–Trinajstić information content (AvgIpc) is 3.36. The second-order valence-electron chi connectivity index (χ2n) is 6.02. The molecule has 1 amide bonds. The maximum absolute atomic E-state index is 12.3. The van der Waals surface area contributed by atoms with Crippen molar-refractivity contribution in [1.82, 2.24) is 4.90 Å². The first-order valence-electron chi connectivity index (χ1n) is 7.98. The fourth-order valence-corrected chi connectivity index (χ4v) is 2.76. The van der Waals surface area contributed by atoms with E-state index in [0.717, 1.165) is 30.9 Å². The van der Waals surface area contributed by atoms with Crippen LogP contribution in [0.1, 0.15) is 37.7 Å². The molecule has 0 spiro atoms. The van der Waals surface area contributed by atoms with Gasteiger partial charge in [-0.05, 0) is 43.6 Å². The van der Waals surface area contributed by atoms with Crippen molar-refractivity contribution in [3.63, 3.8) is 0 Å². The van der Waals surface area contributed by atoms with Gasteiger partial charge in [0.05, 0.1) is 6.04 Å². The molecule has 0 N–H and O–H groups in total. The fourth-order valence-electron chi connectivity index (χ4n) is 2.76. The van der Waals surface area contributed by atoms with Gasteiger partial charge < -0.3 is 9.64 Å². The van der Waals surface area contributed by atoms with Crippen LogP contribution in [0.3, 0.4) is 0 Å². The summed E-state index contributed by atoms with van der Waals surface area (Å²) in [4.78, 5) is 14.2. The SMILES string of the molecule is O=C(OCc1ccccc1)N1CCCC[C@H]1/C=C/C1CC1. The molecule has 1 atom stereocenters. The number of amides is 1. The Morgan fingerprint density at radius 3 is 2.71 bits per heavy atom. The van der Waals surface area contributed by atoms with Gasteiger partial charge in [0.15, 0.2) is 0 Å². The van der Waals surface area contributed by atoms with E-state index in [9.17, 15) is 4.79 Å². The van der Waals surface area contributed by atoms with Gasteiger partial charge in [0.2, 0.25) is 0 Å². The summed E-state index contributed by atoms with van der Waals surface area (Å²) in [5, 5.41) is 0. The van der Waals surface area contributed by atoms with Crippen LogP contribution < -0.4 is 0 Å². The van der Waals surface area contributed by atoms with Crippen LogP contribution in [0, 0.1) is 5.92 Å². The molecule has 0 aromatic heterocycles. The van der Waals surface area contributed by atoms with E-state index in [0.29, 0.717) is 6.61 Å². The molecule has 1 saturated heterocycles. The first-order chi connectivity index (χ1) is 10.3. The van der Waals surface area contributed by atoms with Crippen molar-refractivity contribution in [3.8, 4) is 0 Å². The standard InChI is InChI=1S/C18H23NO2/c20-18(21-14-16-6-2-1-3-7-16)19-13-5-4-8-17(19)12-11-15-9-10-15/h1-3,6-7,11-12,15,17H,4-5,8-10,13-14H2/b12-11+/t17-/m0/s1. The highest BCUT2D eigenvalue weighted by Crippen LogP contribution is 2.31. The zero-order chi connectivity index (χ0) is 14.5. The lowest BCUT2D eigenvalue weighted by Crippen LogP contribution is -2.42. The number of likely N-dealkylation sites (tertiary alicyclic amines) is 1. The van der Waals surface area contributed by atoms with Gasteiger partial charge in [0.1, 0.15) is 6.61 Å². The quantitative estimate of drug-likeness (QED) is 0.778. The lowest BCUT2D eigenvalue weighted by atomic mass is 10.0. The average molecular weight is 285 g/mol. The maximum Gasteiger partial charge on any atom is 0.410 e. The second-order valence-corrected chi connectivity index (χ2v) is 6.02. The van der Waals surface area contributed by atoms with Gasteiger partial charge in [-0.3, -0.25) is 0 Å². The summed E-state index contributed by atoms with van der Waals surface area (Å²) < 4.78 is 5.47. The molecule has 1 saturated carbocycles. The molecule has 0 unspecified atom stereocenters. The van der Waals surface area contributed by atoms with Crippen LogP contribution in [0.25, 0.3) is 0 Å². The molecular formula is C18H23NO2. The fraction of sp³-hybridized carbons (Fsp3) is 0.500. The molecule has 1 aromatic rings. The molecule has 0 bridgehead atoms. The Labute approximate surface area is 126 Å². The summed E-state index contributed by atoms with van der Waals surface area (Å²) in [5.74, 6) is 0.758. The molecule has 2 fully saturated rings.